The maximum Gasteiger partial charge on any atom is 0.296 e. The van der Waals surface area contributed by atoms with Crippen molar-refractivity contribution >= 4 is 29.1 Å². The number of likely N-dealkylation sites (tertiary alicyclic amines) is 1. The molecule has 0 radical (unpaired) electrons. The van der Waals surface area contributed by atoms with Gasteiger partial charge in [0.05, 0.1) is 24.4 Å². The Balaban J connectivity index is 1.86. The van der Waals surface area contributed by atoms with Gasteiger partial charge in [-0.3, -0.25) is 9.59 Å². The number of rotatable bonds is 4. The summed E-state index contributed by atoms with van der Waals surface area (Å²) in [7, 11) is 0. The molecule has 146 valence electrons. The van der Waals surface area contributed by atoms with Gasteiger partial charge in [-0.15, -0.1) is 0 Å². The molecule has 0 spiro atoms. The fourth-order valence-corrected chi connectivity index (χ4v) is 3.51. The molecule has 1 aromatic heterocycles. The fourth-order valence-electron chi connectivity index (χ4n) is 3.38. The van der Waals surface area contributed by atoms with Gasteiger partial charge in [-0.25, -0.2) is 0 Å². The molecule has 6 nitrogen and oxygen atoms in total. The molecule has 0 aliphatic carbocycles. The summed E-state index contributed by atoms with van der Waals surface area (Å²) in [5, 5.41) is 21.0. The van der Waals surface area contributed by atoms with Crippen LogP contribution in [-0.4, -0.2) is 26.8 Å². The second kappa shape index (κ2) is 7.48. The van der Waals surface area contributed by atoms with Crippen molar-refractivity contribution in [1.29, 1.82) is 0 Å². The predicted octanol–water partition coefficient (Wildman–Crippen LogP) is 4.26. The summed E-state index contributed by atoms with van der Waals surface area (Å²) in [5.74, 6) is -1.27. The van der Waals surface area contributed by atoms with Crippen LogP contribution in [0.5, 0.6) is 5.75 Å². The SMILES string of the molecule is O=C1C(=O)N(Cc2ccco2)[C@@H](c2ccc(O)cc2)/C1=C(\O)c1ccc(Cl)cc1. The van der Waals surface area contributed by atoms with Gasteiger partial charge in [-0.2, -0.15) is 0 Å². The van der Waals surface area contributed by atoms with Crippen molar-refractivity contribution in [3.05, 3.63) is 94.4 Å². The number of aromatic hydroxyl groups is 1. The third-order valence-corrected chi connectivity index (χ3v) is 5.02. The molecule has 1 atom stereocenters. The molecule has 0 unspecified atom stereocenters. The lowest BCUT2D eigenvalue weighted by atomic mass is 9.95. The summed E-state index contributed by atoms with van der Waals surface area (Å²) < 4.78 is 5.34. The van der Waals surface area contributed by atoms with Gasteiger partial charge >= 0.3 is 0 Å². The van der Waals surface area contributed by atoms with Crippen molar-refractivity contribution in [3.63, 3.8) is 0 Å². The van der Waals surface area contributed by atoms with Crippen molar-refractivity contribution in [2.24, 2.45) is 0 Å². The quantitative estimate of drug-likeness (QED) is 0.381. The third-order valence-electron chi connectivity index (χ3n) is 4.77. The van der Waals surface area contributed by atoms with Gasteiger partial charge in [0.25, 0.3) is 11.7 Å². The van der Waals surface area contributed by atoms with E-state index in [1.807, 2.05) is 0 Å². The highest BCUT2D eigenvalue weighted by atomic mass is 35.5. The zero-order valence-electron chi connectivity index (χ0n) is 15.1. The zero-order chi connectivity index (χ0) is 20.5. The van der Waals surface area contributed by atoms with Gasteiger partial charge in [0.15, 0.2) is 0 Å². The Morgan fingerprint density at radius 3 is 2.34 bits per heavy atom. The molecule has 1 aliphatic heterocycles. The van der Waals surface area contributed by atoms with Gasteiger partial charge < -0.3 is 19.5 Å². The first-order valence-corrected chi connectivity index (χ1v) is 9.19. The number of halogens is 1. The summed E-state index contributed by atoms with van der Waals surface area (Å²) in [4.78, 5) is 27.0. The lowest BCUT2D eigenvalue weighted by Gasteiger charge is -2.24. The molecule has 1 amide bonds. The normalized spacial score (nSPS) is 18.4. The lowest BCUT2D eigenvalue weighted by molar-refractivity contribution is -0.140. The molecular weight excluding hydrogens is 394 g/mol. The second-order valence-electron chi connectivity index (χ2n) is 6.60. The number of phenols is 1. The maximum absolute atomic E-state index is 12.9. The first-order chi connectivity index (χ1) is 14.0. The minimum atomic E-state index is -0.837. The average Bonchev–Trinajstić information content (AvgIpc) is 3.31. The van der Waals surface area contributed by atoms with E-state index < -0.39 is 17.7 Å². The van der Waals surface area contributed by atoms with Crippen molar-refractivity contribution in [3.8, 4) is 5.75 Å². The number of aliphatic hydroxyl groups is 1. The molecule has 2 aromatic carbocycles. The van der Waals surface area contributed by atoms with Crippen LogP contribution >= 0.6 is 11.6 Å². The molecule has 0 bridgehead atoms. The second-order valence-corrected chi connectivity index (χ2v) is 7.04. The maximum atomic E-state index is 12.9. The van der Waals surface area contributed by atoms with E-state index in [0.29, 0.717) is 21.9 Å². The van der Waals surface area contributed by atoms with Crippen LogP contribution in [0.25, 0.3) is 5.76 Å². The number of hydrogen-bond acceptors (Lipinski definition) is 5. The Morgan fingerprint density at radius 2 is 1.72 bits per heavy atom. The summed E-state index contributed by atoms with van der Waals surface area (Å²) in [6.07, 6.45) is 1.48. The molecule has 1 fully saturated rings. The lowest BCUT2D eigenvalue weighted by Crippen LogP contribution is -2.29. The summed E-state index contributed by atoms with van der Waals surface area (Å²) in [6.45, 7) is 0.0561. The van der Waals surface area contributed by atoms with E-state index in [2.05, 4.69) is 0 Å². The van der Waals surface area contributed by atoms with Gasteiger partial charge in [0, 0.05) is 10.6 Å². The molecular formula is C22H16ClNO5. The Kier molecular flexibility index (Phi) is 4.86. The minimum Gasteiger partial charge on any atom is -0.508 e. The van der Waals surface area contributed by atoms with Crippen molar-refractivity contribution < 1.29 is 24.2 Å². The number of hydrogen-bond donors (Lipinski definition) is 2. The summed E-state index contributed by atoms with van der Waals surface area (Å²) in [5.41, 5.74) is 0.910. The van der Waals surface area contributed by atoms with E-state index in [9.17, 15) is 19.8 Å². The number of phenolic OH excluding ortho intramolecular Hbond substituents is 1. The van der Waals surface area contributed by atoms with E-state index in [0.717, 1.165) is 0 Å². The van der Waals surface area contributed by atoms with Crippen molar-refractivity contribution in [1.82, 2.24) is 4.90 Å². The highest BCUT2D eigenvalue weighted by molar-refractivity contribution is 6.46. The molecule has 4 rings (SSSR count). The van der Waals surface area contributed by atoms with Gasteiger partial charge in [-0.1, -0.05) is 23.7 Å². The first-order valence-electron chi connectivity index (χ1n) is 8.81. The number of carbonyl (C=O) groups excluding carboxylic acids is 2. The number of ketones is 1. The molecule has 2 N–H and O–H groups in total. The predicted molar refractivity (Wildman–Crippen MR) is 106 cm³/mol. The third kappa shape index (κ3) is 3.50. The van der Waals surface area contributed by atoms with Crippen molar-refractivity contribution in [2.45, 2.75) is 12.6 Å². The van der Waals surface area contributed by atoms with E-state index in [-0.39, 0.29) is 23.6 Å². The zero-order valence-corrected chi connectivity index (χ0v) is 15.8. The van der Waals surface area contributed by atoms with Gasteiger partial charge in [0.2, 0.25) is 0 Å². The topological polar surface area (TPSA) is 91.0 Å². The molecule has 1 aliphatic rings. The van der Waals surface area contributed by atoms with Crippen LogP contribution in [-0.2, 0) is 16.1 Å². The van der Waals surface area contributed by atoms with E-state index in [1.54, 1.807) is 48.5 Å². The van der Waals surface area contributed by atoms with Crippen LogP contribution in [0, 0.1) is 0 Å². The van der Waals surface area contributed by atoms with E-state index in [1.165, 1.54) is 23.3 Å². The number of furan rings is 1. The number of carbonyl (C=O) groups is 2. The molecule has 2 heterocycles. The van der Waals surface area contributed by atoms with Crippen LogP contribution in [0.2, 0.25) is 5.02 Å². The number of benzene rings is 2. The molecule has 1 saturated heterocycles. The van der Waals surface area contributed by atoms with Crippen LogP contribution < -0.4 is 0 Å². The van der Waals surface area contributed by atoms with Crippen molar-refractivity contribution in [2.75, 3.05) is 0 Å². The Hall–Kier alpha value is -3.51. The summed E-state index contributed by atoms with van der Waals surface area (Å²) in [6, 6.07) is 15.0. The highest BCUT2D eigenvalue weighted by Crippen LogP contribution is 2.40. The monoisotopic (exact) mass is 409 g/mol. The Labute approximate surface area is 171 Å². The van der Waals surface area contributed by atoms with Crippen LogP contribution in [0.15, 0.2) is 76.9 Å². The van der Waals surface area contributed by atoms with Crippen LogP contribution in [0.4, 0.5) is 0 Å². The van der Waals surface area contributed by atoms with Crippen LogP contribution in [0.3, 0.4) is 0 Å². The highest BCUT2D eigenvalue weighted by Gasteiger charge is 2.46. The first kappa shape index (κ1) is 18.8. The van der Waals surface area contributed by atoms with E-state index in [4.69, 9.17) is 16.0 Å². The number of amides is 1. The van der Waals surface area contributed by atoms with Gasteiger partial charge in [-0.05, 0) is 54.1 Å². The molecule has 29 heavy (non-hydrogen) atoms. The molecule has 3 aromatic rings. The van der Waals surface area contributed by atoms with Crippen LogP contribution in [0.1, 0.15) is 22.9 Å². The van der Waals surface area contributed by atoms with E-state index >= 15 is 0 Å². The molecule has 0 saturated carbocycles. The average molecular weight is 410 g/mol. The standard InChI is InChI=1S/C22H16ClNO5/c23-15-7-3-14(4-8-15)20(26)18-19(13-5-9-16(25)10-6-13)24(22(28)21(18)27)12-17-2-1-11-29-17/h1-11,19,25-26H,12H2/b20-18+/t19-/m0/s1. The summed E-state index contributed by atoms with van der Waals surface area (Å²) >= 11 is 5.91. The number of aliphatic hydroxyl groups excluding tert-OH is 1. The Morgan fingerprint density at radius 1 is 1.03 bits per heavy atom. The number of Topliss-reactive ketones (excluding diaryl/α,β-unsaturated/α-hetero) is 1. The fraction of sp³-hybridized carbons (Fsp3) is 0.0909. The number of nitrogens with zero attached hydrogens (tertiary/aromatic N) is 1. The Bertz CT molecular complexity index is 1090. The largest absolute Gasteiger partial charge is 0.508 e. The molecule has 7 heteroatoms. The minimum absolute atomic E-state index is 0.0328. The van der Waals surface area contributed by atoms with Gasteiger partial charge in [0.1, 0.15) is 17.3 Å². The smallest absolute Gasteiger partial charge is 0.296 e.